The van der Waals surface area contributed by atoms with Crippen molar-refractivity contribution in [3.05, 3.63) is 71.1 Å². The number of likely N-dealkylation sites (tertiary alicyclic amines) is 1. The molecule has 2 heterocycles. The van der Waals surface area contributed by atoms with E-state index in [0.29, 0.717) is 60.2 Å². The number of piperidine rings is 1. The maximum atomic E-state index is 13.5. The maximum Gasteiger partial charge on any atom is 0.310 e. The molecule has 2 aromatic carbocycles. The van der Waals surface area contributed by atoms with Gasteiger partial charge in [-0.2, -0.15) is 5.10 Å². The standard InChI is InChI=1S/C24H23ClFN3O3/c1-2-32-24(31)17-5-4-12-28(15-17)23(30)22-14-21(16-8-10-19(26)11-9-16)27-29(22)20-7-3-6-18(25)13-20/h3,6-11,13-14,17H,2,4-5,12,15H2,1H3. The molecule has 0 spiro atoms. The summed E-state index contributed by atoms with van der Waals surface area (Å²) in [5.41, 5.74) is 2.20. The van der Waals surface area contributed by atoms with Crippen LogP contribution in [0.1, 0.15) is 30.3 Å². The van der Waals surface area contributed by atoms with Crippen molar-refractivity contribution in [1.29, 1.82) is 0 Å². The smallest absolute Gasteiger partial charge is 0.310 e. The molecule has 1 atom stereocenters. The monoisotopic (exact) mass is 455 g/mol. The van der Waals surface area contributed by atoms with Crippen LogP contribution in [0.3, 0.4) is 0 Å². The molecule has 3 aromatic rings. The van der Waals surface area contributed by atoms with Crippen LogP contribution in [0.5, 0.6) is 0 Å². The van der Waals surface area contributed by atoms with Crippen molar-refractivity contribution in [3.63, 3.8) is 0 Å². The molecule has 4 rings (SSSR count). The minimum Gasteiger partial charge on any atom is -0.466 e. The van der Waals surface area contributed by atoms with Gasteiger partial charge in [0.05, 0.1) is 23.9 Å². The molecular weight excluding hydrogens is 433 g/mol. The third kappa shape index (κ3) is 4.67. The predicted molar refractivity (Wildman–Crippen MR) is 119 cm³/mol. The Morgan fingerprint density at radius 1 is 1.19 bits per heavy atom. The quantitative estimate of drug-likeness (QED) is 0.521. The van der Waals surface area contributed by atoms with Crippen LogP contribution in [0.4, 0.5) is 4.39 Å². The third-order valence-electron chi connectivity index (χ3n) is 5.45. The Kier molecular flexibility index (Phi) is 6.55. The Morgan fingerprint density at radius 2 is 1.97 bits per heavy atom. The van der Waals surface area contributed by atoms with Crippen LogP contribution in [0.25, 0.3) is 16.9 Å². The zero-order chi connectivity index (χ0) is 22.7. The number of ether oxygens (including phenoxy) is 1. The topological polar surface area (TPSA) is 64.4 Å². The summed E-state index contributed by atoms with van der Waals surface area (Å²) in [7, 11) is 0. The fraction of sp³-hybridized carbons (Fsp3) is 0.292. The van der Waals surface area contributed by atoms with Gasteiger partial charge in [-0.1, -0.05) is 17.7 Å². The minimum absolute atomic E-state index is 0.236. The van der Waals surface area contributed by atoms with Gasteiger partial charge >= 0.3 is 5.97 Å². The number of aromatic nitrogens is 2. The molecule has 0 aliphatic carbocycles. The van der Waals surface area contributed by atoms with Crippen molar-refractivity contribution in [2.45, 2.75) is 19.8 Å². The van der Waals surface area contributed by atoms with Crippen LogP contribution in [-0.2, 0) is 9.53 Å². The number of carbonyl (C=O) groups excluding carboxylic acids is 2. The SMILES string of the molecule is CCOC(=O)C1CCCN(C(=O)c2cc(-c3ccc(F)cc3)nn2-c2cccc(Cl)c2)C1. The molecule has 1 saturated heterocycles. The van der Waals surface area contributed by atoms with Gasteiger partial charge in [-0.15, -0.1) is 0 Å². The van der Waals surface area contributed by atoms with Gasteiger partial charge < -0.3 is 9.64 Å². The summed E-state index contributed by atoms with van der Waals surface area (Å²) in [6.45, 7) is 2.92. The summed E-state index contributed by atoms with van der Waals surface area (Å²) in [5, 5.41) is 5.13. The molecule has 0 N–H and O–H groups in total. The Labute approximate surface area is 190 Å². The van der Waals surface area contributed by atoms with E-state index in [1.165, 1.54) is 12.1 Å². The van der Waals surface area contributed by atoms with Gasteiger partial charge in [0.15, 0.2) is 0 Å². The number of esters is 1. The third-order valence-corrected chi connectivity index (χ3v) is 5.68. The number of amides is 1. The second kappa shape index (κ2) is 9.53. The van der Waals surface area contributed by atoms with Gasteiger partial charge in [-0.05, 0) is 68.3 Å². The van der Waals surface area contributed by atoms with Crippen molar-refractivity contribution in [3.8, 4) is 16.9 Å². The van der Waals surface area contributed by atoms with Gasteiger partial charge in [0.25, 0.3) is 5.91 Å². The summed E-state index contributed by atoms with van der Waals surface area (Å²) in [5.74, 6) is -1.20. The van der Waals surface area contributed by atoms with Crippen molar-refractivity contribution in [2.75, 3.05) is 19.7 Å². The summed E-state index contributed by atoms with van der Waals surface area (Å²) in [4.78, 5) is 27.4. The van der Waals surface area contributed by atoms with E-state index < -0.39 is 0 Å². The van der Waals surface area contributed by atoms with Crippen LogP contribution >= 0.6 is 11.6 Å². The van der Waals surface area contributed by atoms with Gasteiger partial charge in [0, 0.05) is 23.7 Å². The van der Waals surface area contributed by atoms with Crippen LogP contribution in [0, 0.1) is 11.7 Å². The predicted octanol–water partition coefficient (Wildman–Crippen LogP) is 4.75. The molecule has 1 aliphatic rings. The van der Waals surface area contributed by atoms with E-state index in [2.05, 4.69) is 5.10 Å². The highest BCUT2D eigenvalue weighted by Gasteiger charge is 2.31. The van der Waals surface area contributed by atoms with Crippen LogP contribution in [0.15, 0.2) is 54.6 Å². The lowest BCUT2D eigenvalue weighted by atomic mass is 9.98. The van der Waals surface area contributed by atoms with E-state index in [4.69, 9.17) is 16.3 Å². The normalized spacial score (nSPS) is 16.1. The second-order valence-electron chi connectivity index (χ2n) is 7.66. The Balaban J connectivity index is 1.70. The van der Waals surface area contributed by atoms with E-state index in [1.807, 2.05) is 6.07 Å². The summed E-state index contributed by atoms with van der Waals surface area (Å²) >= 11 is 6.17. The van der Waals surface area contributed by atoms with E-state index >= 15 is 0 Å². The van der Waals surface area contributed by atoms with Crippen LogP contribution in [0.2, 0.25) is 5.02 Å². The molecule has 1 amide bonds. The Morgan fingerprint density at radius 3 is 2.69 bits per heavy atom. The van der Waals surface area contributed by atoms with E-state index in [9.17, 15) is 14.0 Å². The molecule has 0 radical (unpaired) electrons. The fourth-order valence-electron chi connectivity index (χ4n) is 3.88. The second-order valence-corrected chi connectivity index (χ2v) is 8.09. The lowest BCUT2D eigenvalue weighted by Crippen LogP contribution is -2.43. The molecular formula is C24H23ClFN3O3. The molecule has 6 nitrogen and oxygen atoms in total. The number of halogens is 2. The number of hydrogen-bond donors (Lipinski definition) is 0. The largest absolute Gasteiger partial charge is 0.466 e. The summed E-state index contributed by atoms with van der Waals surface area (Å²) in [6, 6.07) is 14.7. The van der Waals surface area contributed by atoms with Crippen molar-refractivity contribution >= 4 is 23.5 Å². The van der Waals surface area contributed by atoms with E-state index in [0.717, 1.165) is 0 Å². The Hall–Kier alpha value is -3.19. The Bertz CT molecular complexity index is 1130. The highest BCUT2D eigenvalue weighted by Crippen LogP contribution is 2.26. The number of hydrogen-bond acceptors (Lipinski definition) is 4. The average molecular weight is 456 g/mol. The fourth-order valence-corrected chi connectivity index (χ4v) is 4.06. The zero-order valence-electron chi connectivity index (χ0n) is 17.6. The van der Waals surface area contributed by atoms with Crippen molar-refractivity contribution in [1.82, 2.24) is 14.7 Å². The van der Waals surface area contributed by atoms with Crippen molar-refractivity contribution in [2.24, 2.45) is 5.92 Å². The minimum atomic E-state index is -0.349. The van der Waals surface area contributed by atoms with Gasteiger partial charge in [-0.25, -0.2) is 9.07 Å². The highest BCUT2D eigenvalue weighted by atomic mass is 35.5. The molecule has 32 heavy (non-hydrogen) atoms. The molecule has 166 valence electrons. The first-order valence-corrected chi connectivity index (χ1v) is 10.9. The summed E-state index contributed by atoms with van der Waals surface area (Å²) in [6.07, 6.45) is 1.41. The lowest BCUT2D eigenvalue weighted by molar-refractivity contribution is -0.149. The number of carbonyl (C=O) groups is 2. The van der Waals surface area contributed by atoms with Crippen LogP contribution in [-0.4, -0.2) is 46.3 Å². The molecule has 0 saturated carbocycles. The first kappa shape index (κ1) is 22.0. The average Bonchev–Trinajstić information content (AvgIpc) is 3.25. The maximum absolute atomic E-state index is 13.5. The molecule has 8 heteroatoms. The van der Waals surface area contributed by atoms with E-state index in [1.54, 1.807) is 52.9 Å². The van der Waals surface area contributed by atoms with Gasteiger partial charge in [-0.3, -0.25) is 9.59 Å². The van der Waals surface area contributed by atoms with Crippen molar-refractivity contribution < 1.29 is 18.7 Å². The van der Waals surface area contributed by atoms with E-state index in [-0.39, 0.29) is 23.6 Å². The van der Waals surface area contributed by atoms with Gasteiger partial charge in [0.2, 0.25) is 0 Å². The molecule has 1 aliphatic heterocycles. The first-order valence-electron chi connectivity index (χ1n) is 10.5. The van der Waals surface area contributed by atoms with Crippen LogP contribution < -0.4 is 0 Å². The summed E-state index contributed by atoms with van der Waals surface area (Å²) < 4.78 is 20.1. The number of rotatable bonds is 5. The first-order chi connectivity index (χ1) is 15.5. The molecule has 1 fully saturated rings. The van der Waals surface area contributed by atoms with Gasteiger partial charge in [0.1, 0.15) is 11.5 Å². The lowest BCUT2D eigenvalue weighted by Gasteiger charge is -2.31. The number of nitrogens with zero attached hydrogens (tertiary/aromatic N) is 3. The molecule has 1 unspecified atom stereocenters. The zero-order valence-corrected chi connectivity index (χ0v) is 18.4. The number of benzene rings is 2. The molecule has 1 aromatic heterocycles. The molecule has 0 bridgehead atoms. The highest BCUT2D eigenvalue weighted by molar-refractivity contribution is 6.30.